The summed E-state index contributed by atoms with van der Waals surface area (Å²) in [4.78, 5) is 4.46. The highest BCUT2D eigenvalue weighted by Crippen LogP contribution is 2.31. The van der Waals surface area contributed by atoms with Gasteiger partial charge in [0.05, 0.1) is 16.7 Å². The van der Waals surface area contributed by atoms with Gasteiger partial charge in [-0.2, -0.15) is 0 Å². The summed E-state index contributed by atoms with van der Waals surface area (Å²) < 4.78 is 2.33. The lowest BCUT2D eigenvalue weighted by Crippen LogP contribution is -1.93. The van der Waals surface area contributed by atoms with Crippen LogP contribution in [-0.4, -0.2) is 15.9 Å². The number of hydrogen-bond donors (Lipinski definition) is 1. The summed E-state index contributed by atoms with van der Waals surface area (Å²) in [5, 5.41) is 12.4. The first-order valence-corrected chi connectivity index (χ1v) is 12.0. The molecule has 3 heteroatoms. The Kier molecular flexibility index (Phi) is 5.65. The Hall–Kier alpha value is -4.89. The molecule has 0 atom stereocenters. The largest absolute Gasteiger partial charge is 0.507 e. The van der Waals surface area contributed by atoms with Crippen molar-refractivity contribution in [2.75, 3.05) is 0 Å². The molecule has 0 aliphatic carbocycles. The SMILES string of the molecule is Oc1ccccc1C=Nc1ccc(/C=C/c2ccc(-n3c4ccccc4c4ccccc43)cc2)cc1. The molecule has 0 radical (unpaired) electrons. The summed E-state index contributed by atoms with van der Waals surface area (Å²) in [7, 11) is 0. The average molecular weight is 465 g/mol. The second kappa shape index (κ2) is 9.40. The van der Waals surface area contributed by atoms with E-state index in [-0.39, 0.29) is 5.75 Å². The molecular weight excluding hydrogens is 440 g/mol. The number of nitrogens with zero attached hydrogens (tertiary/aromatic N) is 2. The zero-order chi connectivity index (χ0) is 24.3. The Bertz CT molecular complexity index is 1670. The van der Waals surface area contributed by atoms with Crippen molar-refractivity contribution >= 4 is 45.9 Å². The predicted octanol–water partition coefficient (Wildman–Crippen LogP) is 8.41. The van der Waals surface area contributed by atoms with Gasteiger partial charge >= 0.3 is 0 Å². The third-order valence-corrected chi connectivity index (χ3v) is 6.38. The fourth-order valence-corrected chi connectivity index (χ4v) is 4.54. The number of para-hydroxylation sites is 3. The Labute approximate surface area is 209 Å². The monoisotopic (exact) mass is 464 g/mol. The minimum atomic E-state index is 0.227. The third-order valence-electron chi connectivity index (χ3n) is 6.38. The van der Waals surface area contributed by atoms with Gasteiger partial charge in [0.25, 0.3) is 0 Å². The Morgan fingerprint density at radius 3 is 1.69 bits per heavy atom. The van der Waals surface area contributed by atoms with Gasteiger partial charge in [-0.05, 0) is 59.7 Å². The summed E-state index contributed by atoms with van der Waals surface area (Å²) in [6, 6.07) is 41.0. The van der Waals surface area contributed by atoms with Crippen LogP contribution in [0, 0.1) is 0 Å². The molecule has 1 heterocycles. The van der Waals surface area contributed by atoms with Gasteiger partial charge in [-0.3, -0.25) is 4.99 Å². The van der Waals surface area contributed by atoms with Crippen molar-refractivity contribution in [3.8, 4) is 11.4 Å². The molecule has 0 spiro atoms. The van der Waals surface area contributed by atoms with Gasteiger partial charge in [0.15, 0.2) is 0 Å². The van der Waals surface area contributed by atoms with Gasteiger partial charge in [-0.1, -0.05) is 84.9 Å². The molecule has 6 rings (SSSR count). The lowest BCUT2D eigenvalue weighted by atomic mass is 10.1. The first-order valence-electron chi connectivity index (χ1n) is 12.0. The number of phenols is 1. The lowest BCUT2D eigenvalue weighted by molar-refractivity contribution is 0.474. The molecular formula is C33H24N2O. The number of fused-ring (bicyclic) bond motifs is 3. The Balaban J connectivity index is 1.22. The predicted molar refractivity (Wildman–Crippen MR) is 152 cm³/mol. The highest BCUT2D eigenvalue weighted by molar-refractivity contribution is 6.09. The fraction of sp³-hybridized carbons (Fsp3) is 0. The maximum absolute atomic E-state index is 9.87. The number of phenolic OH excluding ortho intramolecular Hbond substituents is 1. The normalized spacial score (nSPS) is 11.8. The van der Waals surface area contributed by atoms with Crippen LogP contribution in [0.15, 0.2) is 126 Å². The highest BCUT2D eigenvalue weighted by atomic mass is 16.3. The van der Waals surface area contributed by atoms with Crippen molar-refractivity contribution in [3.05, 3.63) is 138 Å². The lowest BCUT2D eigenvalue weighted by Gasteiger charge is -2.08. The number of aromatic hydroxyl groups is 1. The van der Waals surface area contributed by atoms with Crippen LogP contribution in [0.5, 0.6) is 5.75 Å². The number of rotatable bonds is 5. The molecule has 3 nitrogen and oxygen atoms in total. The van der Waals surface area contributed by atoms with Crippen LogP contribution in [0.2, 0.25) is 0 Å². The molecule has 0 saturated carbocycles. The van der Waals surface area contributed by atoms with Crippen LogP contribution in [0.1, 0.15) is 16.7 Å². The van der Waals surface area contributed by atoms with E-state index in [2.05, 4.69) is 94.5 Å². The van der Waals surface area contributed by atoms with E-state index in [0.29, 0.717) is 5.56 Å². The quantitative estimate of drug-likeness (QED) is 0.202. The van der Waals surface area contributed by atoms with Crippen molar-refractivity contribution in [1.82, 2.24) is 4.57 Å². The van der Waals surface area contributed by atoms with Gasteiger partial charge in [0, 0.05) is 28.2 Å². The first kappa shape index (κ1) is 21.6. The molecule has 0 bridgehead atoms. The zero-order valence-corrected chi connectivity index (χ0v) is 19.6. The van der Waals surface area contributed by atoms with Crippen LogP contribution in [0.4, 0.5) is 5.69 Å². The smallest absolute Gasteiger partial charge is 0.124 e. The molecule has 5 aromatic carbocycles. The van der Waals surface area contributed by atoms with E-state index >= 15 is 0 Å². The second-order valence-electron chi connectivity index (χ2n) is 8.70. The molecule has 0 amide bonds. The van der Waals surface area contributed by atoms with E-state index in [1.165, 1.54) is 21.8 Å². The van der Waals surface area contributed by atoms with E-state index < -0.39 is 0 Å². The summed E-state index contributed by atoms with van der Waals surface area (Å²) in [6.45, 7) is 0. The molecule has 1 aromatic heterocycles. The summed E-state index contributed by atoms with van der Waals surface area (Å²) in [5.41, 5.74) is 7.36. The van der Waals surface area contributed by atoms with Crippen LogP contribution in [0.25, 0.3) is 39.6 Å². The minimum Gasteiger partial charge on any atom is -0.507 e. The maximum Gasteiger partial charge on any atom is 0.124 e. The molecule has 0 fully saturated rings. The summed E-state index contributed by atoms with van der Waals surface area (Å²) in [5.74, 6) is 0.227. The van der Waals surface area contributed by atoms with Crippen molar-refractivity contribution < 1.29 is 5.11 Å². The molecule has 0 aliphatic heterocycles. The second-order valence-corrected chi connectivity index (χ2v) is 8.70. The first-order chi connectivity index (χ1) is 17.8. The van der Waals surface area contributed by atoms with E-state index in [4.69, 9.17) is 0 Å². The van der Waals surface area contributed by atoms with E-state index in [0.717, 1.165) is 22.5 Å². The molecule has 36 heavy (non-hydrogen) atoms. The summed E-state index contributed by atoms with van der Waals surface area (Å²) >= 11 is 0. The van der Waals surface area contributed by atoms with Crippen LogP contribution in [-0.2, 0) is 0 Å². The molecule has 6 aromatic rings. The summed E-state index contributed by atoms with van der Waals surface area (Å²) in [6.07, 6.45) is 5.90. The van der Waals surface area contributed by atoms with Crippen LogP contribution >= 0.6 is 0 Å². The number of aliphatic imine (C=N–C) groups is 1. The third kappa shape index (κ3) is 4.19. The van der Waals surface area contributed by atoms with Gasteiger partial charge < -0.3 is 9.67 Å². The van der Waals surface area contributed by atoms with E-state index in [9.17, 15) is 5.11 Å². The molecule has 0 unspecified atom stereocenters. The van der Waals surface area contributed by atoms with Crippen molar-refractivity contribution in [2.45, 2.75) is 0 Å². The van der Waals surface area contributed by atoms with Gasteiger partial charge in [-0.15, -0.1) is 0 Å². The Morgan fingerprint density at radius 1 is 0.556 bits per heavy atom. The Morgan fingerprint density at radius 2 is 1.08 bits per heavy atom. The number of benzene rings is 5. The maximum atomic E-state index is 9.87. The highest BCUT2D eigenvalue weighted by Gasteiger charge is 2.10. The topological polar surface area (TPSA) is 37.5 Å². The molecule has 1 N–H and O–H groups in total. The van der Waals surface area contributed by atoms with Crippen molar-refractivity contribution in [3.63, 3.8) is 0 Å². The molecule has 0 saturated heterocycles. The standard InChI is InChI=1S/C33H24N2O/c36-33-12-6-1-7-26(33)23-34-27-19-15-24(16-20-27)13-14-25-17-21-28(22-18-25)35-31-10-4-2-8-29(31)30-9-3-5-11-32(30)35/h1-23,36H/b14-13+,34-23?. The fourth-order valence-electron chi connectivity index (χ4n) is 4.54. The average Bonchev–Trinajstić information content (AvgIpc) is 3.27. The minimum absolute atomic E-state index is 0.227. The van der Waals surface area contributed by atoms with Crippen molar-refractivity contribution in [1.29, 1.82) is 0 Å². The van der Waals surface area contributed by atoms with E-state index in [1.54, 1.807) is 18.3 Å². The van der Waals surface area contributed by atoms with Crippen molar-refractivity contribution in [2.24, 2.45) is 4.99 Å². The van der Waals surface area contributed by atoms with Gasteiger partial charge in [0.2, 0.25) is 0 Å². The zero-order valence-electron chi connectivity index (χ0n) is 19.6. The number of aromatic nitrogens is 1. The van der Waals surface area contributed by atoms with Crippen LogP contribution < -0.4 is 0 Å². The van der Waals surface area contributed by atoms with E-state index in [1.807, 2.05) is 36.4 Å². The molecule has 0 aliphatic rings. The van der Waals surface area contributed by atoms with Gasteiger partial charge in [-0.25, -0.2) is 0 Å². The molecule has 172 valence electrons. The number of hydrogen-bond acceptors (Lipinski definition) is 2. The van der Waals surface area contributed by atoms with Crippen LogP contribution in [0.3, 0.4) is 0 Å². The van der Waals surface area contributed by atoms with Gasteiger partial charge in [0.1, 0.15) is 5.75 Å².